The fourth-order valence-electron chi connectivity index (χ4n) is 4.39. The summed E-state index contributed by atoms with van der Waals surface area (Å²) in [5, 5.41) is 3.99. The van der Waals surface area contributed by atoms with E-state index in [1.54, 1.807) is 12.1 Å². The minimum absolute atomic E-state index is 0.267. The van der Waals surface area contributed by atoms with Crippen molar-refractivity contribution < 1.29 is 4.39 Å². The Morgan fingerprint density at radius 3 is 2.37 bits per heavy atom. The van der Waals surface area contributed by atoms with Crippen molar-refractivity contribution in [2.24, 2.45) is 0 Å². The molecule has 0 radical (unpaired) electrons. The Bertz CT molecular complexity index is 1320. The molecular formula is C31H30ClFN2. The standard InChI is InChI=1S/C31H30ClFN2/c1-6-7-25-17-31-29(16-20(25)2)23(5)30(22(4)24-8-10-26(32)11-9-24)19-35(31)18-21(3)34-28-14-12-27(33)13-15-28/h8-17,19,34H,3-7,18H2,1-2H3. The first-order chi connectivity index (χ1) is 16.8. The highest BCUT2D eigenvalue weighted by Crippen LogP contribution is 2.43. The largest absolute Gasteiger partial charge is 0.358 e. The van der Waals surface area contributed by atoms with Crippen molar-refractivity contribution in [1.29, 1.82) is 0 Å². The number of rotatable bonds is 8. The van der Waals surface area contributed by atoms with Gasteiger partial charge in [-0.3, -0.25) is 0 Å². The number of allylic oxidation sites excluding steroid dienone is 3. The van der Waals surface area contributed by atoms with E-state index in [4.69, 9.17) is 11.6 Å². The minimum Gasteiger partial charge on any atom is -0.358 e. The molecule has 0 atom stereocenters. The van der Waals surface area contributed by atoms with E-state index in [0.29, 0.717) is 11.6 Å². The molecule has 0 saturated carbocycles. The molecule has 0 bridgehead atoms. The molecular weight excluding hydrogens is 455 g/mol. The van der Waals surface area contributed by atoms with Gasteiger partial charge in [0.2, 0.25) is 0 Å². The summed E-state index contributed by atoms with van der Waals surface area (Å²) >= 11 is 6.10. The molecule has 1 aliphatic heterocycles. The van der Waals surface area contributed by atoms with Gasteiger partial charge in [0.05, 0.1) is 6.54 Å². The van der Waals surface area contributed by atoms with Crippen molar-refractivity contribution in [3.8, 4) is 0 Å². The van der Waals surface area contributed by atoms with E-state index < -0.39 is 0 Å². The van der Waals surface area contributed by atoms with Gasteiger partial charge in [-0.05, 0) is 89.7 Å². The summed E-state index contributed by atoms with van der Waals surface area (Å²) in [6.07, 6.45) is 4.19. The highest BCUT2D eigenvalue weighted by atomic mass is 35.5. The molecule has 2 nitrogen and oxygen atoms in total. The lowest BCUT2D eigenvalue weighted by atomic mass is 9.85. The summed E-state index contributed by atoms with van der Waals surface area (Å²) in [5.41, 5.74) is 10.1. The second-order valence-corrected chi connectivity index (χ2v) is 9.35. The number of hydrogen-bond donors (Lipinski definition) is 1. The third kappa shape index (κ3) is 5.41. The number of aryl methyl sites for hydroxylation is 2. The lowest BCUT2D eigenvalue weighted by molar-refractivity contribution is 0.628. The number of nitrogens with one attached hydrogen (secondary N) is 1. The molecule has 4 heteroatoms. The third-order valence-corrected chi connectivity index (χ3v) is 6.51. The summed E-state index contributed by atoms with van der Waals surface area (Å²) in [4.78, 5) is 2.19. The van der Waals surface area contributed by atoms with Gasteiger partial charge in [-0.15, -0.1) is 0 Å². The van der Waals surface area contributed by atoms with E-state index in [1.807, 2.05) is 24.3 Å². The normalized spacial score (nSPS) is 12.7. The Kier molecular flexibility index (Phi) is 7.28. The van der Waals surface area contributed by atoms with Crippen LogP contribution < -0.4 is 10.2 Å². The monoisotopic (exact) mass is 484 g/mol. The van der Waals surface area contributed by atoms with E-state index in [-0.39, 0.29) is 5.82 Å². The lowest BCUT2D eigenvalue weighted by Gasteiger charge is -2.33. The molecule has 4 rings (SSSR count). The molecule has 1 heterocycles. The van der Waals surface area contributed by atoms with Gasteiger partial charge in [-0.2, -0.15) is 0 Å². The van der Waals surface area contributed by atoms with Gasteiger partial charge in [0.15, 0.2) is 0 Å². The molecule has 0 aliphatic carbocycles. The number of halogens is 2. The summed E-state index contributed by atoms with van der Waals surface area (Å²) in [5.74, 6) is -0.267. The van der Waals surface area contributed by atoms with Crippen LogP contribution in [-0.4, -0.2) is 6.54 Å². The van der Waals surface area contributed by atoms with Crippen molar-refractivity contribution in [2.45, 2.75) is 26.7 Å². The van der Waals surface area contributed by atoms with Gasteiger partial charge >= 0.3 is 0 Å². The average Bonchev–Trinajstić information content (AvgIpc) is 2.83. The third-order valence-electron chi connectivity index (χ3n) is 6.26. The summed E-state index contributed by atoms with van der Waals surface area (Å²) in [7, 11) is 0. The summed E-state index contributed by atoms with van der Waals surface area (Å²) in [6, 6.07) is 18.5. The van der Waals surface area contributed by atoms with E-state index >= 15 is 0 Å². The smallest absolute Gasteiger partial charge is 0.123 e. The zero-order chi connectivity index (χ0) is 25.1. The van der Waals surface area contributed by atoms with Crippen molar-refractivity contribution in [3.63, 3.8) is 0 Å². The van der Waals surface area contributed by atoms with Gasteiger partial charge in [0.1, 0.15) is 5.82 Å². The fourth-order valence-corrected chi connectivity index (χ4v) is 4.51. The van der Waals surface area contributed by atoms with Crippen molar-refractivity contribution in [1.82, 2.24) is 0 Å². The lowest BCUT2D eigenvalue weighted by Crippen LogP contribution is -2.26. The molecule has 178 valence electrons. The van der Waals surface area contributed by atoms with E-state index in [1.165, 1.54) is 23.3 Å². The van der Waals surface area contributed by atoms with Gasteiger partial charge < -0.3 is 10.2 Å². The van der Waals surface area contributed by atoms with Crippen molar-refractivity contribution in [3.05, 3.63) is 131 Å². The molecule has 0 spiro atoms. The van der Waals surface area contributed by atoms with Crippen LogP contribution in [0.2, 0.25) is 5.02 Å². The molecule has 35 heavy (non-hydrogen) atoms. The van der Waals surface area contributed by atoms with Crippen LogP contribution in [0.1, 0.15) is 35.6 Å². The minimum atomic E-state index is -0.267. The van der Waals surface area contributed by atoms with Gasteiger partial charge in [-0.25, -0.2) is 4.39 Å². The van der Waals surface area contributed by atoms with E-state index in [2.05, 4.69) is 62.1 Å². The molecule has 0 unspecified atom stereocenters. The highest BCUT2D eigenvalue weighted by molar-refractivity contribution is 6.30. The number of hydrogen-bond acceptors (Lipinski definition) is 2. The molecule has 0 amide bonds. The maximum atomic E-state index is 13.3. The van der Waals surface area contributed by atoms with Crippen LogP contribution in [0.15, 0.2) is 97.9 Å². The second kappa shape index (κ2) is 10.4. The summed E-state index contributed by atoms with van der Waals surface area (Å²) < 4.78 is 13.3. The number of fused-ring (bicyclic) bond motifs is 1. The fraction of sp³-hybridized carbons (Fsp3) is 0.161. The van der Waals surface area contributed by atoms with Crippen LogP contribution in [0.4, 0.5) is 15.8 Å². The topological polar surface area (TPSA) is 15.3 Å². The average molecular weight is 485 g/mol. The van der Waals surface area contributed by atoms with Gasteiger partial charge in [0.25, 0.3) is 0 Å². The van der Waals surface area contributed by atoms with Crippen LogP contribution in [0.5, 0.6) is 0 Å². The van der Waals surface area contributed by atoms with Gasteiger partial charge in [0, 0.05) is 39.4 Å². The predicted molar refractivity (Wildman–Crippen MR) is 149 cm³/mol. The maximum absolute atomic E-state index is 13.3. The zero-order valence-corrected chi connectivity index (χ0v) is 21.1. The molecule has 0 fully saturated rings. The zero-order valence-electron chi connectivity index (χ0n) is 20.3. The second-order valence-electron chi connectivity index (χ2n) is 8.92. The highest BCUT2D eigenvalue weighted by Gasteiger charge is 2.24. The van der Waals surface area contributed by atoms with E-state index in [0.717, 1.165) is 57.8 Å². The predicted octanol–water partition coefficient (Wildman–Crippen LogP) is 8.80. The Hall–Kier alpha value is -3.56. The molecule has 1 N–H and O–H groups in total. The SMILES string of the molecule is C=C(CN1C=C(C(=C)c2ccc(Cl)cc2)C(=C)c2cc(C)c(CCC)cc21)Nc1ccc(F)cc1. The first-order valence-electron chi connectivity index (χ1n) is 11.7. The van der Waals surface area contributed by atoms with Crippen LogP contribution in [0.3, 0.4) is 0 Å². The summed E-state index contributed by atoms with van der Waals surface area (Å²) in [6.45, 7) is 18.0. The number of benzene rings is 3. The Morgan fingerprint density at radius 2 is 1.71 bits per heavy atom. The van der Waals surface area contributed by atoms with Crippen molar-refractivity contribution >= 4 is 34.1 Å². The Morgan fingerprint density at radius 1 is 1.03 bits per heavy atom. The quantitative estimate of drug-likeness (QED) is 0.343. The van der Waals surface area contributed by atoms with Crippen LogP contribution >= 0.6 is 11.6 Å². The Labute approximate surface area is 212 Å². The molecule has 0 saturated heterocycles. The van der Waals surface area contributed by atoms with Crippen LogP contribution in [0, 0.1) is 12.7 Å². The molecule has 3 aromatic carbocycles. The Balaban J connectivity index is 1.71. The van der Waals surface area contributed by atoms with Gasteiger partial charge in [-0.1, -0.05) is 56.8 Å². The first-order valence-corrected chi connectivity index (χ1v) is 12.1. The molecule has 1 aliphatic rings. The molecule has 0 aromatic heterocycles. The van der Waals surface area contributed by atoms with Crippen LogP contribution in [0.25, 0.3) is 11.1 Å². The van der Waals surface area contributed by atoms with Crippen LogP contribution in [-0.2, 0) is 6.42 Å². The number of nitrogens with zero attached hydrogens (tertiary/aromatic N) is 1. The first kappa shape index (κ1) is 24.6. The number of anilines is 2. The van der Waals surface area contributed by atoms with Crippen molar-refractivity contribution in [2.75, 3.05) is 16.8 Å². The maximum Gasteiger partial charge on any atom is 0.123 e. The van der Waals surface area contributed by atoms with E-state index in [9.17, 15) is 4.39 Å². The molecule has 3 aromatic rings.